The van der Waals surface area contributed by atoms with Gasteiger partial charge in [0.25, 0.3) is 5.91 Å². The molecule has 0 aliphatic carbocycles. The van der Waals surface area contributed by atoms with Gasteiger partial charge in [-0.2, -0.15) is 0 Å². The molecule has 1 saturated heterocycles. The highest BCUT2D eigenvalue weighted by atomic mass is 35.5. The SMILES string of the molecule is CN(C)C(=O)c1ccc(Cl)cc1NCC1CCCN1. The predicted molar refractivity (Wildman–Crippen MR) is 79.0 cm³/mol. The van der Waals surface area contributed by atoms with Crippen molar-refractivity contribution >= 4 is 23.2 Å². The lowest BCUT2D eigenvalue weighted by Crippen LogP contribution is -2.30. The molecule has 0 saturated carbocycles. The average Bonchev–Trinajstić information content (AvgIpc) is 2.88. The lowest BCUT2D eigenvalue weighted by molar-refractivity contribution is 0.0828. The first-order valence-electron chi connectivity index (χ1n) is 6.56. The van der Waals surface area contributed by atoms with Gasteiger partial charge in [-0.25, -0.2) is 0 Å². The van der Waals surface area contributed by atoms with E-state index in [1.807, 2.05) is 6.07 Å². The van der Waals surface area contributed by atoms with E-state index in [1.165, 1.54) is 12.8 Å². The van der Waals surface area contributed by atoms with Gasteiger partial charge in [-0.15, -0.1) is 0 Å². The van der Waals surface area contributed by atoms with Crippen LogP contribution in [-0.2, 0) is 0 Å². The van der Waals surface area contributed by atoms with E-state index >= 15 is 0 Å². The van der Waals surface area contributed by atoms with Crippen LogP contribution in [0.2, 0.25) is 5.02 Å². The van der Waals surface area contributed by atoms with E-state index in [-0.39, 0.29) is 5.91 Å². The number of benzene rings is 1. The van der Waals surface area contributed by atoms with Gasteiger partial charge in [-0.3, -0.25) is 4.79 Å². The summed E-state index contributed by atoms with van der Waals surface area (Å²) in [5, 5.41) is 7.40. The fourth-order valence-electron chi connectivity index (χ4n) is 2.25. The number of nitrogens with one attached hydrogen (secondary N) is 2. The van der Waals surface area contributed by atoms with Crippen LogP contribution in [0.5, 0.6) is 0 Å². The Kier molecular flexibility index (Phi) is 4.66. The third-order valence-electron chi connectivity index (χ3n) is 3.32. The Morgan fingerprint density at radius 2 is 2.32 bits per heavy atom. The number of nitrogens with zero attached hydrogens (tertiary/aromatic N) is 1. The zero-order valence-electron chi connectivity index (χ0n) is 11.4. The summed E-state index contributed by atoms with van der Waals surface area (Å²) in [6, 6.07) is 5.81. The summed E-state index contributed by atoms with van der Waals surface area (Å²) in [6.07, 6.45) is 2.38. The van der Waals surface area contributed by atoms with E-state index in [4.69, 9.17) is 11.6 Å². The second-order valence-corrected chi connectivity index (χ2v) is 5.50. The van der Waals surface area contributed by atoms with Gasteiger partial charge in [0, 0.05) is 37.4 Å². The van der Waals surface area contributed by atoms with Crippen molar-refractivity contribution in [3.63, 3.8) is 0 Å². The molecule has 19 heavy (non-hydrogen) atoms. The third-order valence-corrected chi connectivity index (χ3v) is 3.55. The molecule has 1 aliphatic heterocycles. The van der Waals surface area contributed by atoms with Gasteiger partial charge in [0.2, 0.25) is 0 Å². The largest absolute Gasteiger partial charge is 0.383 e. The number of hydrogen-bond acceptors (Lipinski definition) is 3. The molecule has 1 amide bonds. The summed E-state index contributed by atoms with van der Waals surface area (Å²) < 4.78 is 0. The number of hydrogen-bond donors (Lipinski definition) is 2. The third kappa shape index (κ3) is 3.61. The molecule has 4 nitrogen and oxygen atoms in total. The summed E-state index contributed by atoms with van der Waals surface area (Å²) in [5.41, 5.74) is 1.47. The van der Waals surface area contributed by atoms with E-state index in [0.717, 1.165) is 18.8 Å². The highest BCUT2D eigenvalue weighted by molar-refractivity contribution is 6.31. The number of carbonyl (C=O) groups is 1. The van der Waals surface area contributed by atoms with Crippen molar-refractivity contribution in [1.82, 2.24) is 10.2 Å². The molecule has 5 heteroatoms. The molecule has 1 unspecified atom stereocenters. The van der Waals surface area contributed by atoms with Crippen molar-refractivity contribution in [1.29, 1.82) is 0 Å². The normalized spacial score (nSPS) is 18.4. The predicted octanol–water partition coefficient (Wildman–Crippen LogP) is 2.21. The van der Waals surface area contributed by atoms with Crippen LogP contribution in [0.25, 0.3) is 0 Å². The van der Waals surface area contributed by atoms with Gasteiger partial charge >= 0.3 is 0 Å². The number of anilines is 1. The molecule has 1 fully saturated rings. The fraction of sp³-hybridized carbons (Fsp3) is 0.500. The molecule has 0 bridgehead atoms. The molecule has 0 aromatic heterocycles. The molecule has 1 aromatic rings. The first kappa shape index (κ1) is 14.2. The zero-order chi connectivity index (χ0) is 13.8. The maximum Gasteiger partial charge on any atom is 0.255 e. The molecule has 2 rings (SSSR count). The summed E-state index contributed by atoms with van der Waals surface area (Å²) >= 11 is 6.02. The Balaban J connectivity index is 2.12. The molecule has 1 atom stereocenters. The highest BCUT2D eigenvalue weighted by Crippen LogP contribution is 2.22. The molecular weight excluding hydrogens is 262 g/mol. The second kappa shape index (κ2) is 6.26. The molecular formula is C14H20ClN3O. The fourth-order valence-corrected chi connectivity index (χ4v) is 2.43. The topological polar surface area (TPSA) is 44.4 Å². The van der Waals surface area contributed by atoms with Crippen molar-refractivity contribution < 1.29 is 4.79 Å². The Labute approximate surface area is 119 Å². The first-order chi connectivity index (χ1) is 9.08. The van der Waals surface area contributed by atoms with Crippen LogP contribution < -0.4 is 10.6 Å². The molecule has 104 valence electrons. The highest BCUT2D eigenvalue weighted by Gasteiger charge is 2.17. The van der Waals surface area contributed by atoms with Crippen molar-refractivity contribution in [2.45, 2.75) is 18.9 Å². The lowest BCUT2D eigenvalue weighted by Gasteiger charge is -2.18. The molecule has 2 N–H and O–H groups in total. The maximum atomic E-state index is 12.1. The summed E-state index contributed by atoms with van der Waals surface area (Å²) in [6.45, 7) is 1.89. The van der Waals surface area contributed by atoms with Crippen LogP contribution in [0, 0.1) is 0 Å². The summed E-state index contributed by atoms with van der Waals surface area (Å²) in [4.78, 5) is 13.7. The monoisotopic (exact) mass is 281 g/mol. The minimum atomic E-state index is -0.0152. The Morgan fingerprint density at radius 1 is 1.53 bits per heavy atom. The number of amides is 1. The van der Waals surface area contributed by atoms with Crippen LogP contribution >= 0.6 is 11.6 Å². The van der Waals surface area contributed by atoms with Gasteiger partial charge < -0.3 is 15.5 Å². The standard InChI is InChI=1S/C14H20ClN3O/c1-18(2)14(19)12-6-5-10(15)8-13(12)17-9-11-4-3-7-16-11/h5-6,8,11,16-17H,3-4,7,9H2,1-2H3. The van der Waals surface area contributed by atoms with E-state index in [2.05, 4.69) is 10.6 Å². The van der Waals surface area contributed by atoms with Crippen LogP contribution in [0.1, 0.15) is 23.2 Å². The molecule has 0 radical (unpaired) electrons. The van der Waals surface area contributed by atoms with E-state index in [0.29, 0.717) is 16.6 Å². The number of rotatable bonds is 4. The maximum absolute atomic E-state index is 12.1. The molecule has 1 aromatic carbocycles. The van der Waals surface area contributed by atoms with Gasteiger partial charge in [0.15, 0.2) is 0 Å². The van der Waals surface area contributed by atoms with Crippen molar-refractivity contribution in [2.24, 2.45) is 0 Å². The Hall–Kier alpha value is -1.26. The van der Waals surface area contributed by atoms with Crippen molar-refractivity contribution in [2.75, 3.05) is 32.5 Å². The van der Waals surface area contributed by atoms with Gasteiger partial charge in [-0.1, -0.05) is 11.6 Å². The minimum Gasteiger partial charge on any atom is -0.383 e. The van der Waals surface area contributed by atoms with Gasteiger partial charge in [0.1, 0.15) is 0 Å². The molecule has 0 spiro atoms. The Bertz CT molecular complexity index is 456. The van der Waals surface area contributed by atoms with Crippen LogP contribution in [0.4, 0.5) is 5.69 Å². The zero-order valence-corrected chi connectivity index (χ0v) is 12.1. The smallest absolute Gasteiger partial charge is 0.255 e. The van der Waals surface area contributed by atoms with Crippen LogP contribution in [0.3, 0.4) is 0 Å². The Morgan fingerprint density at radius 3 is 2.95 bits per heavy atom. The number of carbonyl (C=O) groups excluding carboxylic acids is 1. The van der Waals surface area contributed by atoms with Crippen LogP contribution in [0.15, 0.2) is 18.2 Å². The van der Waals surface area contributed by atoms with Crippen molar-refractivity contribution in [3.8, 4) is 0 Å². The minimum absolute atomic E-state index is 0.0152. The lowest BCUT2D eigenvalue weighted by atomic mass is 10.1. The van der Waals surface area contributed by atoms with E-state index in [9.17, 15) is 4.79 Å². The van der Waals surface area contributed by atoms with Crippen LogP contribution in [-0.4, -0.2) is 44.0 Å². The van der Waals surface area contributed by atoms with Gasteiger partial charge in [0.05, 0.1) is 5.56 Å². The van der Waals surface area contributed by atoms with E-state index in [1.54, 1.807) is 31.1 Å². The van der Waals surface area contributed by atoms with Gasteiger partial charge in [-0.05, 0) is 37.6 Å². The molecule has 1 aliphatic rings. The summed E-state index contributed by atoms with van der Waals surface area (Å²) in [5.74, 6) is -0.0152. The average molecular weight is 282 g/mol. The van der Waals surface area contributed by atoms with Crippen molar-refractivity contribution in [3.05, 3.63) is 28.8 Å². The summed E-state index contributed by atoms with van der Waals surface area (Å²) in [7, 11) is 3.50. The first-order valence-corrected chi connectivity index (χ1v) is 6.94. The number of halogens is 1. The molecule has 1 heterocycles. The van der Waals surface area contributed by atoms with E-state index < -0.39 is 0 Å². The second-order valence-electron chi connectivity index (χ2n) is 5.06. The quantitative estimate of drug-likeness (QED) is 0.889.